The van der Waals surface area contributed by atoms with Crippen LogP contribution >= 0.6 is 0 Å². The van der Waals surface area contributed by atoms with Gasteiger partial charge < -0.3 is 14.2 Å². The molecule has 0 fully saturated rings. The van der Waals surface area contributed by atoms with Crippen molar-refractivity contribution in [2.45, 2.75) is 24.3 Å². The number of carbonyl (C=O) groups excluding carboxylic acids is 1. The lowest BCUT2D eigenvalue weighted by molar-refractivity contribution is -0.129. The molecule has 1 amide bonds. The van der Waals surface area contributed by atoms with Crippen LogP contribution in [0.5, 0.6) is 11.5 Å². The highest BCUT2D eigenvalue weighted by Crippen LogP contribution is 2.31. The standard InChI is InChI=1S/C15H19NO6S/c1-3-7-20-11(2)15(17)16-23(18,19)12-5-6-13-14(10-12)22-9-4-8-21-13/h3,5-6,10-11H,1,4,7-9H2,2H3,(H,16,17). The van der Waals surface area contributed by atoms with E-state index in [0.717, 1.165) is 0 Å². The second-order valence-corrected chi connectivity index (χ2v) is 6.58. The van der Waals surface area contributed by atoms with Crippen molar-refractivity contribution in [3.63, 3.8) is 0 Å². The predicted molar refractivity (Wildman–Crippen MR) is 83.0 cm³/mol. The fraction of sp³-hybridized carbons (Fsp3) is 0.400. The predicted octanol–water partition coefficient (Wildman–Crippen LogP) is 1.24. The molecule has 0 aliphatic carbocycles. The number of hydrogen-bond donors (Lipinski definition) is 1. The molecule has 1 atom stereocenters. The summed E-state index contributed by atoms with van der Waals surface area (Å²) in [6, 6.07) is 4.21. The Balaban J connectivity index is 2.14. The second-order valence-electron chi connectivity index (χ2n) is 4.89. The molecule has 0 saturated carbocycles. The van der Waals surface area contributed by atoms with E-state index in [1.54, 1.807) is 0 Å². The molecule has 1 aromatic carbocycles. The molecule has 0 saturated heterocycles. The van der Waals surface area contributed by atoms with Crippen molar-refractivity contribution in [3.8, 4) is 11.5 Å². The molecule has 7 nitrogen and oxygen atoms in total. The van der Waals surface area contributed by atoms with Gasteiger partial charge in [0.05, 0.1) is 24.7 Å². The number of benzene rings is 1. The van der Waals surface area contributed by atoms with E-state index in [9.17, 15) is 13.2 Å². The van der Waals surface area contributed by atoms with Crippen LogP contribution < -0.4 is 14.2 Å². The van der Waals surface area contributed by atoms with Gasteiger partial charge in [-0.05, 0) is 19.1 Å². The summed E-state index contributed by atoms with van der Waals surface area (Å²) < 4.78 is 42.6. The third-order valence-corrected chi connectivity index (χ3v) is 4.44. The Morgan fingerprint density at radius 1 is 1.39 bits per heavy atom. The normalized spacial score (nSPS) is 15.3. The molecular formula is C15H19NO6S. The van der Waals surface area contributed by atoms with Gasteiger partial charge >= 0.3 is 0 Å². The number of sulfonamides is 1. The molecule has 0 radical (unpaired) electrons. The zero-order chi connectivity index (χ0) is 16.9. The van der Waals surface area contributed by atoms with E-state index in [0.29, 0.717) is 31.1 Å². The van der Waals surface area contributed by atoms with Crippen molar-refractivity contribution in [1.82, 2.24) is 4.72 Å². The van der Waals surface area contributed by atoms with Gasteiger partial charge in [0.1, 0.15) is 6.10 Å². The molecule has 0 bridgehead atoms. The first-order valence-electron chi connectivity index (χ1n) is 7.13. The molecule has 1 unspecified atom stereocenters. The number of rotatable bonds is 6. The van der Waals surface area contributed by atoms with Gasteiger partial charge in [-0.2, -0.15) is 0 Å². The minimum atomic E-state index is -4.02. The van der Waals surface area contributed by atoms with Gasteiger partial charge in [-0.25, -0.2) is 13.1 Å². The summed E-state index contributed by atoms with van der Waals surface area (Å²) in [5.41, 5.74) is 0. The molecule has 1 aliphatic heterocycles. The van der Waals surface area contributed by atoms with Crippen molar-refractivity contribution in [1.29, 1.82) is 0 Å². The van der Waals surface area contributed by atoms with Crippen LogP contribution in [0, 0.1) is 0 Å². The monoisotopic (exact) mass is 341 g/mol. The molecule has 23 heavy (non-hydrogen) atoms. The Morgan fingerprint density at radius 2 is 2.09 bits per heavy atom. The Morgan fingerprint density at radius 3 is 2.78 bits per heavy atom. The molecule has 1 heterocycles. The smallest absolute Gasteiger partial charge is 0.264 e. The summed E-state index contributed by atoms with van der Waals surface area (Å²) >= 11 is 0. The van der Waals surface area contributed by atoms with Crippen LogP contribution in [0.4, 0.5) is 0 Å². The van der Waals surface area contributed by atoms with Crippen LogP contribution in [0.25, 0.3) is 0 Å². The summed E-state index contributed by atoms with van der Waals surface area (Å²) in [6.45, 7) is 6.02. The van der Waals surface area contributed by atoms with Gasteiger partial charge in [-0.15, -0.1) is 6.58 Å². The van der Waals surface area contributed by atoms with Gasteiger partial charge in [-0.1, -0.05) is 6.08 Å². The summed E-state index contributed by atoms with van der Waals surface area (Å²) in [4.78, 5) is 11.8. The fourth-order valence-electron chi connectivity index (χ4n) is 1.87. The van der Waals surface area contributed by atoms with Crippen LogP contribution in [0.2, 0.25) is 0 Å². The van der Waals surface area contributed by atoms with E-state index in [4.69, 9.17) is 14.2 Å². The largest absolute Gasteiger partial charge is 0.490 e. The second kappa shape index (κ2) is 7.47. The van der Waals surface area contributed by atoms with Crippen molar-refractivity contribution in [2.24, 2.45) is 0 Å². The first kappa shape index (κ1) is 17.3. The number of fused-ring (bicyclic) bond motifs is 1. The van der Waals surface area contributed by atoms with Crippen LogP contribution in [-0.4, -0.2) is 40.2 Å². The number of amides is 1. The molecule has 1 aromatic rings. The van der Waals surface area contributed by atoms with Crippen LogP contribution in [0.1, 0.15) is 13.3 Å². The van der Waals surface area contributed by atoms with Crippen LogP contribution in [0.15, 0.2) is 35.7 Å². The van der Waals surface area contributed by atoms with E-state index in [1.807, 2.05) is 4.72 Å². The lowest BCUT2D eigenvalue weighted by atomic mass is 10.3. The lowest BCUT2D eigenvalue weighted by Gasteiger charge is -2.14. The summed E-state index contributed by atoms with van der Waals surface area (Å²) in [5, 5.41) is 0. The lowest BCUT2D eigenvalue weighted by Crippen LogP contribution is -2.38. The topological polar surface area (TPSA) is 90.9 Å². The first-order chi connectivity index (χ1) is 10.9. The third-order valence-electron chi connectivity index (χ3n) is 3.10. The maximum atomic E-state index is 12.3. The average molecular weight is 341 g/mol. The van der Waals surface area contributed by atoms with E-state index >= 15 is 0 Å². The Labute approximate surface area is 135 Å². The minimum absolute atomic E-state index is 0.0778. The van der Waals surface area contributed by atoms with Gasteiger partial charge in [0.15, 0.2) is 11.5 Å². The quantitative estimate of drug-likeness (QED) is 0.783. The highest BCUT2D eigenvalue weighted by Gasteiger charge is 2.23. The fourth-order valence-corrected chi connectivity index (χ4v) is 2.93. The highest BCUT2D eigenvalue weighted by atomic mass is 32.2. The molecule has 2 rings (SSSR count). The molecule has 1 aliphatic rings. The average Bonchev–Trinajstić information content (AvgIpc) is 2.76. The molecule has 0 aromatic heterocycles. The van der Waals surface area contributed by atoms with Gasteiger partial charge in [-0.3, -0.25) is 4.79 Å². The molecular weight excluding hydrogens is 322 g/mol. The Bertz CT molecular complexity index is 685. The number of nitrogens with one attached hydrogen (secondary N) is 1. The van der Waals surface area contributed by atoms with Crippen LogP contribution in [0.3, 0.4) is 0 Å². The number of ether oxygens (including phenoxy) is 3. The maximum Gasteiger partial charge on any atom is 0.264 e. The molecule has 126 valence electrons. The van der Waals surface area contributed by atoms with E-state index < -0.39 is 22.0 Å². The van der Waals surface area contributed by atoms with Crippen molar-refractivity contribution < 1.29 is 27.4 Å². The Kier molecular flexibility index (Phi) is 5.62. The van der Waals surface area contributed by atoms with Gasteiger partial charge in [0.2, 0.25) is 0 Å². The van der Waals surface area contributed by atoms with Crippen molar-refractivity contribution >= 4 is 15.9 Å². The van der Waals surface area contributed by atoms with Gasteiger partial charge in [0.25, 0.3) is 15.9 Å². The molecule has 8 heteroatoms. The molecule has 0 spiro atoms. The number of hydrogen-bond acceptors (Lipinski definition) is 6. The zero-order valence-electron chi connectivity index (χ0n) is 12.8. The summed E-state index contributed by atoms with van der Waals surface area (Å²) in [6.07, 6.45) is 1.27. The Hall–Kier alpha value is -2.06. The molecule has 1 N–H and O–H groups in total. The maximum absolute atomic E-state index is 12.3. The highest BCUT2D eigenvalue weighted by molar-refractivity contribution is 7.90. The third kappa shape index (κ3) is 4.46. The van der Waals surface area contributed by atoms with E-state index in [-0.39, 0.29) is 11.5 Å². The van der Waals surface area contributed by atoms with Gasteiger partial charge in [0, 0.05) is 12.5 Å². The first-order valence-corrected chi connectivity index (χ1v) is 8.61. The zero-order valence-corrected chi connectivity index (χ0v) is 13.6. The summed E-state index contributed by atoms with van der Waals surface area (Å²) in [5.74, 6) is 0.0724. The summed E-state index contributed by atoms with van der Waals surface area (Å²) in [7, 11) is -4.02. The van der Waals surface area contributed by atoms with Crippen LogP contribution in [-0.2, 0) is 19.6 Å². The van der Waals surface area contributed by atoms with E-state index in [1.165, 1.54) is 31.2 Å². The van der Waals surface area contributed by atoms with E-state index in [2.05, 4.69) is 6.58 Å². The minimum Gasteiger partial charge on any atom is -0.490 e. The van der Waals surface area contributed by atoms with Crippen molar-refractivity contribution in [2.75, 3.05) is 19.8 Å². The SMILES string of the molecule is C=CCOC(C)C(=O)NS(=O)(=O)c1ccc2c(c1)OCCCO2. The number of carbonyl (C=O) groups is 1. The van der Waals surface area contributed by atoms with Crippen molar-refractivity contribution in [3.05, 3.63) is 30.9 Å².